The Bertz CT molecular complexity index is 548. The Kier molecular flexibility index (Phi) is 6.42. The standard InChI is InChI=1S/C19H26O6/c1-2-22-18(21)12-17-14(20)8-9-15(24-17)16-10-11-23-19(25-16)13-6-4-3-5-7-13/h3-7,14-17,19-20H,2,8-12H2,1H3/t14-,15+,16+,17+,19+/m1/s1. The molecule has 3 rings (SSSR count). The normalized spacial score (nSPS) is 33.0. The molecule has 0 spiro atoms. The molecular formula is C19H26O6. The molecule has 2 aliphatic rings. The van der Waals surface area contributed by atoms with Crippen molar-refractivity contribution >= 4 is 5.97 Å². The van der Waals surface area contributed by atoms with Crippen LogP contribution >= 0.6 is 0 Å². The zero-order chi connectivity index (χ0) is 17.6. The third kappa shape index (κ3) is 4.79. The van der Waals surface area contributed by atoms with Crippen LogP contribution in [0.5, 0.6) is 0 Å². The van der Waals surface area contributed by atoms with Gasteiger partial charge in [0.2, 0.25) is 0 Å². The Morgan fingerprint density at radius 1 is 1.16 bits per heavy atom. The highest BCUT2D eigenvalue weighted by Gasteiger charge is 2.38. The number of benzene rings is 1. The molecule has 0 saturated carbocycles. The summed E-state index contributed by atoms with van der Waals surface area (Å²) in [6, 6.07) is 9.81. The highest BCUT2D eigenvalue weighted by Crippen LogP contribution is 2.33. The first-order chi connectivity index (χ1) is 12.2. The monoisotopic (exact) mass is 350 g/mol. The van der Waals surface area contributed by atoms with Gasteiger partial charge in [-0.3, -0.25) is 4.79 Å². The van der Waals surface area contributed by atoms with Gasteiger partial charge in [0, 0.05) is 5.56 Å². The molecule has 1 N–H and O–H groups in total. The molecule has 1 aromatic carbocycles. The van der Waals surface area contributed by atoms with Gasteiger partial charge in [0.1, 0.15) is 0 Å². The summed E-state index contributed by atoms with van der Waals surface area (Å²) in [5, 5.41) is 10.1. The summed E-state index contributed by atoms with van der Waals surface area (Å²) < 4.78 is 22.8. The van der Waals surface area contributed by atoms with Crippen LogP contribution in [0.3, 0.4) is 0 Å². The van der Waals surface area contributed by atoms with Gasteiger partial charge in [-0.05, 0) is 26.2 Å². The van der Waals surface area contributed by atoms with E-state index in [1.807, 2.05) is 30.3 Å². The summed E-state index contributed by atoms with van der Waals surface area (Å²) >= 11 is 0. The lowest BCUT2D eigenvalue weighted by atomic mass is 9.95. The maximum Gasteiger partial charge on any atom is 0.308 e. The van der Waals surface area contributed by atoms with Crippen LogP contribution in [0.25, 0.3) is 0 Å². The number of hydrogen-bond donors (Lipinski definition) is 1. The fourth-order valence-corrected chi connectivity index (χ4v) is 3.36. The first kappa shape index (κ1) is 18.3. The van der Waals surface area contributed by atoms with E-state index >= 15 is 0 Å². The van der Waals surface area contributed by atoms with Gasteiger partial charge in [-0.15, -0.1) is 0 Å². The summed E-state index contributed by atoms with van der Waals surface area (Å²) in [5.41, 5.74) is 0.978. The van der Waals surface area contributed by atoms with Gasteiger partial charge < -0.3 is 24.1 Å². The second-order valence-electron chi connectivity index (χ2n) is 6.44. The lowest BCUT2D eigenvalue weighted by molar-refractivity contribution is -0.259. The molecule has 6 nitrogen and oxygen atoms in total. The zero-order valence-corrected chi connectivity index (χ0v) is 14.5. The third-order valence-corrected chi connectivity index (χ3v) is 4.66. The van der Waals surface area contributed by atoms with E-state index in [0.717, 1.165) is 12.0 Å². The summed E-state index contributed by atoms with van der Waals surface area (Å²) in [4.78, 5) is 11.7. The van der Waals surface area contributed by atoms with Crippen LogP contribution in [-0.2, 0) is 23.7 Å². The molecule has 0 radical (unpaired) electrons. The number of ether oxygens (including phenoxy) is 4. The van der Waals surface area contributed by atoms with Crippen molar-refractivity contribution in [2.75, 3.05) is 13.2 Å². The lowest BCUT2D eigenvalue weighted by Gasteiger charge is -2.40. The number of rotatable bonds is 5. The number of carbonyl (C=O) groups is 1. The van der Waals surface area contributed by atoms with Crippen molar-refractivity contribution in [3.8, 4) is 0 Å². The molecule has 0 aromatic heterocycles. The van der Waals surface area contributed by atoms with Crippen LogP contribution < -0.4 is 0 Å². The Labute approximate surface area is 148 Å². The van der Waals surface area contributed by atoms with Gasteiger partial charge in [0.25, 0.3) is 0 Å². The maximum atomic E-state index is 11.7. The summed E-state index contributed by atoms with van der Waals surface area (Å²) in [6.07, 6.45) is 0.225. The van der Waals surface area contributed by atoms with Crippen molar-refractivity contribution in [2.24, 2.45) is 0 Å². The van der Waals surface area contributed by atoms with Crippen LogP contribution in [0.15, 0.2) is 30.3 Å². The molecule has 25 heavy (non-hydrogen) atoms. The van der Waals surface area contributed by atoms with Crippen molar-refractivity contribution in [2.45, 2.75) is 63.3 Å². The third-order valence-electron chi connectivity index (χ3n) is 4.66. The van der Waals surface area contributed by atoms with Crippen LogP contribution in [-0.4, -0.2) is 48.7 Å². The topological polar surface area (TPSA) is 74.2 Å². The van der Waals surface area contributed by atoms with Crippen molar-refractivity contribution in [3.63, 3.8) is 0 Å². The van der Waals surface area contributed by atoms with Crippen LogP contribution in [0.2, 0.25) is 0 Å². The average Bonchev–Trinajstić information content (AvgIpc) is 2.64. The average molecular weight is 350 g/mol. The van der Waals surface area contributed by atoms with E-state index in [2.05, 4.69) is 0 Å². The van der Waals surface area contributed by atoms with Crippen molar-refractivity contribution in [1.82, 2.24) is 0 Å². The number of esters is 1. The number of aliphatic hydroxyl groups is 1. The van der Waals surface area contributed by atoms with Crippen LogP contribution in [0.4, 0.5) is 0 Å². The molecule has 0 unspecified atom stereocenters. The fourth-order valence-electron chi connectivity index (χ4n) is 3.36. The summed E-state index contributed by atoms with van der Waals surface area (Å²) in [5.74, 6) is -0.345. The highest BCUT2D eigenvalue weighted by molar-refractivity contribution is 5.70. The first-order valence-corrected chi connectivity index (χ1v) is 8.98. The fraction of sp³-hybridized carbons (Fsp3) is 0.632. The maximum absolute atomic E-state index is 11.7. The number of hydrogen-bond acceptors (Lipinski definition) is 6. The Balaban J connectivity index is 1.59. The van der Waals surface area contributed by atoms with Gasteiger partial charge in [-0.2, -0.15) is 0 Å². The molecule has 2 aliphatic heterocycles. The van der Waals surface area contributed by atoms with Gasteiger partial charge >= 0.3 is 5.97 Å². The van der Waals surface area contributed by atoms with Crippen LogP contribution in [0.1, 0.15) is 44.5 Å². The van der Waals surface area contributed by atoms with Gasteiger partial charge in [-0.1, -0.05) is 30.3 Å². The van der Waals surface area contributed by atoms with E-state index in [-0.39, 0.29) is 24.6 Å². The minimum atomic E-state index is -0.648. The molecule has 5 atom stereocenters. The molecule has 0 amide bonds. The summed E-state index contributed by atoms with van der Waals surface area (Å²) in [7, 11) is 0. The smallest absolute Gasteiger partial charge is 0.308 e. The minimum absolute atomic E-state index is 0.0663. The SMILES string of the molecule is CCOC(=O)C[C@@H]1O[C@H]([C@@H]2CCO[C@H](c3ccccc3)O2)CC[C@H]1O. The quantitative estimate of drug-likeness (QED) is 0.822. The van der Waals surface area contributed by atoms with Gasteiger partial charge in [-0.25, -0.2) is 0 Å². The van der Waals surface area contributed by atoms with Crippen molar-refractivity contribution in [3.05, 3.63) is 35.9 Å². The predicted molar refractivity (Wildman–Crippen MR) is 89.8 cm³/mol. The largest absolute Gasteiger partial charge is 0.466 e. The van der Waals surface area contributed by atoms with E-state index in [9.17, 15) is 9.90 Å². The van der Waals surface area contributed by atoms with E-state index in [1.165, 1.54) is 0 Å². The second-order valence-corrected chi connectivity index (χ2v) is 6.44. The Morgan fingerprint density at radius 3 is 2.68 bits per heavy atom. The molecule has 2 saturated heterocycles. The molecule has 0 bridgehead atoms. The molecule has 0 aliphatic carbocycles. The van der Waals surface area contributed by atoms with Crippen molar-refractivity contribution in [1.29, 1.82) is 0 Å². The van der Waals surface area contributed by atoms with Gasteiger partial charge in [0.15, 0.2) is 6.29 Å². The lowest BCUT2D eigenvalue weighted by Crippen LogP contribution is -2.47. The van der Waals surface area contributed by atoms with Crippen LogP contribution in [0, 0.1) is 0 Å². The minimum Gasteiger partial charge on any atom is -0.466 e. The number of aliphatic hydroxyl groups excluding tert-OH is 1. The Hall–Kier alpha value is -1.47. The molecule has 138 valence electrons. The van der Waals surface area contributed by atoms with E-state index < -0.39 is 18.5 Å². The van der Waals surface area contributed by atoms with E-state index in [1.54, 1.807) is 6.92 Å². The predicted octanol–water partition coefficient (Wildman–Crippen LogP) is 2.35. The molecule has 2 fully saturated rings. The highest BCUT2D eigenvalue weighted by atomic mass is 16.7. The molecular weight excluding hydrogens is 324 g/mol. The number of carbonyl (C=O) groups excluding carboxylic acids is 1. The first-order valence-electron chi connectivity index (χ1n) is 8.98. The molecule has 1 aromatic rings. The zero-order valence-electron chi connectivity index (χ0n) is 14.5. The van der Waals surface area contributed by atoms with Gasteiger partial charge in [0.05, 0.1) is 44.1 Å². The summed E-state index contributed by atoms with van der Waals surface area (Å²) in [6.45, 7) is 2.68. The van der Waals surface area contributed by atoms with Crippen molar-refractivity contribution < 1.29 is 28.8 Å². The molecule has 2 heterocycles. The Morgan fingerprint density at radius 2 is 1.92 bits per heavy atom. The van der Waals surface area contributed by atoms with E-state index in [4.69, 9.17) is 18.9 Å². The van der Waals surface area contributed by atoms with E-state index in [0.29, 0.717) is 26.1 Å². The molecule has 6 heteroatoms. The second kappa shape index (κ2) is 8.76.